The van der Waals surface area contributed by atoms with Crippen LogP contribution in [-0.4, -0.2) is 23.7 Å². The molecular formula is C22H24F4O2. The third-order valence-corrected chi connectivity index (χ3v) is 5.34. The molecule has 2 aliphatic rings. The molecule has 0 heterocycles. The van der Waals surface area contributed by atoms with Crippen LogP contribution in [0.2, 0.25) is 0 Å². The van der Waals surface area contributed by atoms with Crippen LogP contribution in [0.15, 0.2) is 53.4 Å². The van der Waals surface area contributed by atoms with Crippen LogP contribution in [0.1, 0.15) is 50.5 Å². The predicted molar refractivity (Wildman–Crippen MR) is 99.0 cm³/mol. The van der Waals surface area contributed by atoms with Crippen molar-refractivity contribution in [1.82, 2.24) is 0 Å². The van der Waals surface area contributed by atoms with Gasteiger partial charge in [0.05, 0.1) is 6.61 Å². The summed E-state index contributed by atoms with van der Waals surface area (Å²) in [6.07, 6.45) is 4.63. The number of rotatable bonds is 6. The maximum Gasteiger partial charge on any atom is 0.224 e. The van der Waals surface area contributed by atoms with E-state index >= 15 is 0 Å². The summed E-state index contributed by atoms with van der Waals surface area (Å²) < 4.78 is 61.7. The van der Waals surface area contributed by atoms with Crippen LogP contribution in [0.25, 0.3) is 0 Å². The number of hydrogen-bond donors (Lipinski definition) is 1. The predicted octanol–water partition coefficient (Wildman–Crippen LogP) is 5.80. The molecule has 2 nitrogen and oxygen atoms in total. The van der Waals surface area contributed by atoms with Crippen molar-refractivity contribution >= 4 is 0 Å². The lowest BCUT2D eigenvalue weighted by atomic mass is 9.80. The van der Waals surface area contributed by atoms with E-state index < -0.39 is 29.4 Å². The highest BCUT2D eigenvalue weighted by atomic mass is 19.2. The zero-order valence-electron chi connectivity index (χ0n) is 15.7. The minimum Gasteiger partial charge on any atom is -0.360 e. The Morgan fingerprint density at radius 3 is 2.71 bits per heavy atom. The molecule has 3 unspecified atom stereocenters. The summed E-state index contributed by atoms with van der Waals surface area (Å²) in [6, 6.07) is 4.08. The molecule has 1 aromatic carbocycles. The Morgan fingerprint density at radius 1 is 1.25 bits per heavy atom. The average Bonchev–Trinajstić information content (AvgIpc) is 2.69. The van der Waals surface area contributed by atoms with E-state index in [-0.39, 0.29) is 18.1 Å². The summed E-state index contributed by atoms with van der Waals surface area (Å²) in [6.45, 7) is 2.05. The van der Waals surface area contributed by atoms with Gasteiger partial charge in [0.1, 0.15) is 5.83 Å². The van der Waals surface area contributed by atoms with Gasteiger partial charge in [0.2, 0.25) is 12.0 Å². The Kier molecular flexibility index (Phi) is 6.40. The van der Waals surface area contributed by atoms with Gasteiger partial charge in [-0.3, -0.25) is 0 Å². The lowest BCUT2D eigenvalue weighted by Gasteiger charge is -2.32. The molecule has 0 radical (unpaired) electrons. The number of halogens is 4. The molecule has 0 spiro atoms. The van der Waals surface area contributed by atoms with Gasteiger partial charge in [0, 0.05) is 5.57 Å². The molecule has 2 aliphatic carbocycles. The third kappa shape index (κ3) is 4.08. The first kappa shape index (κ1) is 20.8. The number of allylic oxidation sites excluding steroid dienone is 4. The van der Waals surface area contributed by atoms with Crippen LogP contribution < -0.4 is 0 Å². The van der Waals surface area contributed by atoms with E-state index in [1.165, 1.54) is 12.1 Å². The summed E-state index contributed by atoms with van der Waals surface area (Å²) in [7, 11) is 0. The smallest absolute Gasteiger partial charge is 0.224 e. The Morgan fingerprint density at radius 2 is 2.04 bits per heavy atom. The molecule has 1 N–H and O–H groups in total. The normalized spacial score (nSPS) is 27.9. The third-order valence-electron chi connectivity index (χ3n) is 5.34. The molecule has 0 fully saturated rings. The maximum atomic E-state index is 14.6. The molecule has 0 amide bonds. The second-order valence-electron chi connectivity index (χ2n) is 7.26. The van der Waals surface area contributed by atoms with Gasteiger partial charge in [-0.05, 0) is 54.9 Å². The Hall–Kier alpha value is -1.92. The highest BCUT2D eigenvalue weighted by Crippen LogP contribution is 2.41. The van der Waals surface area contributed by atoms with Crippen molar-refractivity contribution in [2.75, 3.05) is 6.61 Å². The van der Waals surface area contributed by atoms with Crippen LogP contribution in [0.3, 0.4) is 0 Å². The number of hydrogen-bond acceptors (Lipinski definition) is 2. The van der Waals surface area contributed by atoms with Crippen molar-refractivity contribution in [3.63, 3.8) is 0 Å². The van der Waals surface area contributed by atoms with E-state index in [4.69, 9.17) is 4.74 Å². The molecular weight excluding hydrogens is 372 g/mol. The molecule has 28 heavy (non-hydrogen) atoms. The van der Waals surface area contributed by atoms with Gasteiger partial charge in [0.15, 0.2) is 11.6 Å². The first-order valence-corrected chi connectivity index (χ1v) is 9.60. The second-order valence-corrected chi connectivity index (χ2v) is 7.26. The monoisotopic (exact) mass is 396 g/mol. The molecule has 152 valence electrons. The fraction of sp³-hybridized carbons (Fsp3) is 0.455. The topological polar surface area (TPSA) is 29.5 Å². The fourth-order valence-electron chi connectivity index (χ4n) is 3.64. The zero-order valence-corrected chi connectivity index (χ0v) is 15.7. The molecule has 1 aromatic rings. The standard InChI is InChI=1S/C22H24F4O2/c1-2-3-13-28-22(27)12-11-17(20(25)21(22)26)15-9-7-14(8-10-15)16-5-4-6-18(23)19(16)24/h4-6,9,11-12,14,21,27H,2-3,7-8,10,13H2,1H3. The minimum atomic E-state index is -2.30. The first-order valence-electron chi connectivity index (χ1n) is 9.60. The minimum absolute atomic E-state index is 0.0921. The number of benzene rings is 1. The van der Waals surface area contributed by atoms with E-state index in [0.717, 1.165) is 18.6 Å². The summed E-state index contributed by atoms with van der Waals surface area (Å²) in [5.41, 5.74) is 0.987. The first-order chi connectivity index (χ1) is 13.4. The molecule has 6 heteroatoms. The number of aliphatic hydroxyl groups is 1. The quantitative estimate of drug-likeness (QED) is 0.374. The van der Waals surface area contributed by atoms with Gasteiger partial charge in [-0.25, -0.2) is 17.6 Å². The van der Waals surface area contributed by atoms with Crippen LogP contribution in [-0.2, 0) is 4.74 Å². The van der Waals surface area contributed by atoms with Crippen LogP contribution >= 0.6 is 0 Å². The van der Waals surface area contributed by atoms with Gasteiger partial charge in [-0.15, -0.1) is 0 Å². The maximum absolute atomic E-state index is 14.6. The molecule has 0 bridgehead atoms. The summed E-state index contributed by atoms with van der Waals surface area (Å²) in [5, 5.41) is 10.2. The van der Waals surface area contributed by atoms with Crippen LogP contribution in [0, 0.1) is 11.6 Å². The molecule has 0 aliphatic heterocycles. The van der Waals surface area contributed by atoms with Gasteiger partial charge in [-0.1, -0.05) is 37.6 Å². The lowest BCUT2D eigenvalue weighted by molar-refractivity contribution is -0.202. The Labute approximate surface area is 162 Å². The highest BCUT2D eigenvalue weighted by molar-refractivity contribution is 5.48. The molecule has 0 aromatic heterocycles. The van der Waals surface area contributed by atoms with Crippen molar-refractivity contribution in [2.45, 2.75) is 56.9 Å². The van der Waals surface area contributed by atoms with E-state index in [1.807, 2.05) is 6.92 Å². The fourth-order valence-corrected chi connectivity index (χ4v) is 3.64. The summed E-state index contributed by atoms with van der Waals surface area (Å²) >= 11 is 0. The average molecular weight is 396 g/mol. The van der Waals surface area contributed by atoms with Gasteiger partial charge >= 0.3 is 0 Å². The lowest BCUT2D eigenvalue weighted by Crippen LogP contribution is -2.43. The molecule has 3 rings (SSSR count). The number of unbranched alkanes of at least 4 members (excludes halogenated alkanes) is 1. The molecule has 3 atom stereocenters. The Balaban J connectivity index is 1.74. The largest absolute Gasteiger partial charge is 0.360 e. The molecule has 0 saturated carbocycles. The van der Waals surface area contributed by atoms with E-state index in [9.17, 15) is 22.7 Å². The van der Waals surface area contributed by atoms with Gasteiger partial charge < -0.3 is 9.84 Å². The van der Waals surface area contributed by atoms with Gasteiger partial charge in [-0.2, -0.15) is 0 Å². The second kappa shape index (κ2) is 8.62. The number of alkyl halides is 1. The van der Waals surface area contributed by atoms with Crippen LogP contribution in [0.5, 0.6) is 0 Å². The SMILES string of the molecule is CCCCOC1(O)C=CC(C2=CCC(c3cccc(F)c3F)CC2)=C(F)C1F. The Bertz CT molecular complexity index is 815. The van der Waals surface area contributed by atoms with Crippen molar-refractivity contribution in [2.24, 2.45) is 0 Å². The zero-order chi connectivity index (χ0) is 20.3. The molecule has 0 saturated heterocycles. The van der Waals surface area contributed by atoms with Crippen molar-refractivity contribution in [3.8, 4) is 0 Å². The summed E-state index contributed by atoms with van der Waals surface area (Å²) in [5.74, 6) is -5.33. The summed E-state index contributed by atoms with van der Waals surface area (Å²) in [4.78, 5) is 0. The van der Waals surface area contributed by atoms with E-state index in [1.54, 1.807) is 12.1 Å². The van der Waals surface area contributed by atoms with E-state index in [2.05, 4.69) is 0 Å². The highest BCUT2D eigenvalue weighted by Gasteiger charge is 2.43. The van der Waals surface area contributed by atoms with Crippen LogP contribution in [0.4, 0.5) is 17.6 Å². The van der Waals surface area contributed by atoms with Crippen molar-refractivity contribution < 1.29 is 27.4 Å². The van der Waals surface area contributed by atoms with Crippen molar-refractivity contribution in [1.29, 1.82) is 0 Å². The van der Waals surface area contributed by atoms with Gasteiger partial charge in [0.25, 0.3) is 0 Å². The van der Waals surface area contributed by atoms with E-state index in [0.29, 0.717) is 36.8 Å². The van der Waals surface area contributed by atoms with Crippen molar-refractivity contribution in [3.05, 3.63) is 70.6 Å². The number of ether oxygens (including phenoxy) is 1.